The second-order valence-corrected chi connectivity index (χ2v) is 2.43. The molecule has 0 bridgehead atoms. The molecule has 4 heteroatoms. The lowest BCUT2D eigenvalue weighted by Crippen LogP contribution is -1.72. The van der Waals surface area contributed by atoms with Crippen molar-refractivity contribution in [1.82, 2.24) is 10.2 Å². The zero-order valence-corrected chi connectivity index (χ0v) is 4.96. The minimum absolute atomic E-state index is 1.01. The van der Waals surface area contributed by atoms with Gasteiger partial charge >= 0.3 is 0 Å². The van der Waals surface area contributed by atoms with Gasteiger partial charge in [-0.25, -0.2) is 0 Å². The molecule has 8 heavy (non-hydrogen) atoms. The minimum Gasteiger partial charge on any atom is -0.327 e. The molecule has 1 aliphatic rings. The number of fused-ring (bicyclic) bond motifs is 1. The molecule has 2 N–H and O–H groups in total. The van der Waals surface area contributed by atoms with E-state index < -0.39 is 0 Å². The van der Waals surface area contributed by atoms with Crippen LogP contribution < -0.4 is 4.72 Å². The van der Waals surface area contributed by atoms with Gasteiger partial charge in [-0.3, -0.25) is 5.10 Å². The molecule has 1 aromatic heterocycles. The first-order chi connectivity index (χ1) is 3.97. The predicted molar refractivity (Wildman–Crippen MR) is 33.5 cm³/mol. The largest absolute Gasteiger partial charge is 0.327 e. The Bertz CT molecular complexity index is 176. The first-order valence-corrected chi connectivity index (χ1v) is 3.35. The van der Waals surface area contributed by atoms with Crippen LogP contribution >= 0.6 is 11.9 Å². The Labute approximate surface area is 51.0 Å². The Kier molecular flexibility index (Phi) is 0.754. The van der Waals surface area contributed by atoms with Crippen LogP contribution in [-0.2, 0) is 5.75 Å². The summed E-state index contributed by atoms with van der Waals surface area (Å²) in [5.41, 5.74) is 2.34. The molecule has 42 valence electrons. The summed E-state index contributed by atoms with van der Waals surface area (Å²) < 4.78 is 3.10. The van der Waals surface area contributed by atoms with Crippen molar-refractivity contribution in [3.05, 3.63) is 11.9 Å². The van der Waals surface area contributed by atoms with Crippen LogP contribution in [0, 0.1) is 0 Å². The highest BCUT2D eigenvalue weighted by atomic mass is 32.2. The molecule has 0 radical (unpaired) electrons. The number of rotatable bonds is 0. The second-order valence-electron chi connectivity index (χ2n) is 1.65. The second kappa shape index (κ2) is 1.42. The minimum atomic E-state index is 1.01. The summed E-state index contributed by atoms with van der Waals surface area (Å²) in [5, 5.41) is 6.73. The molecule has 1 aromatic rings. The number of nitrogens with one attached hydrogen (secondary N) is 2. The highest BCUT2D eigenvalue weighted by molar-refractivity contribution is 8.00. The van der Waals surface area contributed by atoms with Crippen LogP contribution in [0.15, 0.2) is 6.20 Å². The SMILES string of the molecule is c1n[nH]c2c1NSC2. The van der Waals surface area contributed by atoms with Gasteiger partial charge in [0, 0.05) is 0 Å². The van der Waals surface area contributed by atoms with Crippen molar-refractivity contribution in [1.29, 1.82) is 0 Å². The fraction of sp³-hybridized carbons (Fsp3) is 0.250. The Hall–Kier alpha value is -0.640. The number of aromatic amines is 1. The van der Waals surface area contributed by atoms with Gasteiger partial charge in [-0.1, -0.05) is 0 Å². The van der Waals surface area contributed by atoms with Crippen molar-refractivity contribution in [2.75, 3.05) is 4.72 Å². The standard InChI is InChI=1S/C4H5N3S/c1-3-4(6-5-1)2-8-7-3/h1,7H,2H2,(H,5,6). The van der Waals surface area contributed by atoms with Crippen molar-refractivity contribution < 1.29 is 0 Å². The van der Waals surface area contributed by atoms with Gasteiger partial charge in [0.25, 0.3) is 0 Å². The molecule has 2 rings (SSSR count). The van der Waals surface area contributed by atoms with E-state index in [1.54, 1.807) is 18.1 Å². The maximum atomic E-state index is 3.84. The van der Waals surface area contributed by atoms with E-state index in [-0.39, 0.29) is 0 Å². The third-order valence-corrected chi connectivity index (χ3v) is 1.91. The first-order valence-electron chi connectivity index (χ1n) is 2.37. The molecule has 1 aliphatic heterocycles. The molecule has 0 unspecified atom stereocenters. The van der Waals surface area contributed by atoms with Crippen LogP contribution in [0.3, 0.4) is 0 Å². The summed E-state index contributed by atoms with van der Waals surface area (Å²) in [6, 6.07) is 0. The van der Waals surface area contributed by atoms with Crippen LogP contribution in [0.4, 0.5) is 5.69 Å². The normalized spacial score (nSPS) is 15.5. The van der Waals surface area contributed by atoms with E-state index in [4.69, 9.17) is 0 Å². The van der Waals surface area contributed by atoms with Crippen LogP contribution in [0.2, 0.25) is 0 Å². The quantitative estimate of drug-likeness (QED) is 0.510. The van der Waals surface area contributed by atoms with Gasteiger partial charge in [-0.15, -0.1) is 0 Å². The topological polar surface area (TPSA) is 40.7 Å². The summed E-state index contributed by atoms with van der Waals surface area (Å²) >= 11 is 1.69. The molecule has 0 amide bonds. The van der Waals surface area contributed by atoms with Gasteiger partial charge < -0.3 is 4.72 Å². The van der Waals surface area contributed by atoms with Crippen molar-refractivity contribution in [3.63, 3.8) is 0 Å². The van der Waals surface area contributed by atoms with E-state index in [0.29, 0.717) is 0 Å². The monoisotopic (exact) mass is 127 g/mol. The highest BCUT2D eigenvalue weighted by Gasteiger charge is 2.10. The van der Waals surface area contributed by atoms with E-state index in [1.165, 1.54) is 5.69 Å². The summed E-state index contributed by atoms with van der Waals surface area (Å²) in [6.45, 7) is 0. The number of nitrogens with zero attached hydrogens (tertiary/aromatic N) is 1. The lowest BCUT2D eigenvalue weighted by molar-refractivity contribution is 1.04. The summed E-state index contributed by atoms with van der Waals surface area (Å²) in [7, 11) is 0. The molecule has 0 spiro atoms. The lowest BCUT2D eigenvalue weighted by Gasteiger charge is -1.83. The number of H-pyrrole nitrogens is 1. The maximum Gasteiger partial charge on any atom is 0.0864 e. The van der Waals surface area contributed by atoms with Crippen LogP contribution in [-0.4, -0.2) is 10.2 Å². The van der Waals surface area contributed by atoms with Gasteiger partial charge in [0.2, 0.25) is 0 Å². The smallest absolute Gasteiger partial charge is 0.0864 e. The molecule has 3 nitrogen and oxygen atoms in total. The molecule has 2 heterocycles. The van der Waals surface area contributed by atoms with Gasteiger partial charge in [0.15, 0.2) is 0 Å². The lowest BCUT2D eigenvalue weighted by atomic mass is 10.4. The van der Waals surface area contributed by atoms with Gasteiger partial charge in [-0.2, -0.15) is 5.10 Å². The molecule has 0 fully saturated rings. The number of anilines is 1. The average molecular weight is 127 g/mol. The van der Waals surface area contributed by atoms with Gasteiger partial charge in [-0.05, 0) is 11.9 Å². The molecular weight excluding hydrogens is 122 g/mol. The summed E-state index contributed by atoms with van der Waals surface area (Å²) in [4.78, 5) is 0. The Balaban J connectivity index is 2.54. The molecule has 0 aliphatic carbocycles. The third-order valence-electron chi connectivity index (χ3n) is 1.12. The van der Waals surface area contributed by atoms with E-state index in [2.05, 4.69) is 14.9 Å². The fourth-order valence-corrected chi connectivity index (χ4v) is 1.46. The molecule has 0 atom stereocenters. The summed E-state index contributed by atoms with van der Waals surface area (Å²) in [5.74, 6) is 1.01. The Morgan fingerprint density at radius 3 is 3.62 bits per heavy atom. The zero-order valence-electron chi connectivity index (χ0n) is 4.14. The van der Waals surface area contributed by atoms with Crippen molar-refractivity contribution in [2.45, 2.75) is 5.75 Å². The van der Waals surface area contributed by atoms with Crippen molar-refractivity contribution >= 4 is 17.6 Å². The van der Waals surface area contributed by atoms with E-state index in [0.717, 1.165) is 11.4 Å². The number of aromatic nitrogens is 2. The van der Waals surface area contributed by atoms with Crippen LogP contribution in [0.25, 0.3) is 0 Å². The van der Waals surface area contributed by atoms with Crippen molar-refractivity contribution in [2.24, 2.45) is 0 Å². The predicted octanol–water partition coefficient (Wildman–Crippen LogP) is 0.983. The van der Waals surface area contributed by atoms with Crippen LogP contribution in [0.1, 0.15) is 5.69 Å². The molecule has 0 aromatic carbocycles. The number of hydrogen-bond donors (Lipinski definition) is 2. The Morgan fingerprint density at radius 2 is 2.75 bits per heavy atom. The third kappa shape index (κ3) is 0.432. The fourth-order valence-electron chi connectivity index (χ4n) is 0.697. The van der Waals surface area contributed by atoms with E-state index in [9.17, 15) is 0 Å². The van der Waals surface area contributed by atoms with E-state index >= 15 is 0 Å². The molecule has 0 saturated carbocycles. The van der Waals surface area contributed by atoms with E-state index in [1.807, 2.05) is 0 Å². The van der Waals surface area contributed by atoms with Gasteiger partial charge in [0.1, 0.15) is 0 Å². The average Bonchev–Trinajstić information content (AvgIpc) is 2.15. The van der Waals surface area contributed by atoms with Crippen LogP contribution in [0.5, 0.6) is 0 Å². The van der Waals surface area contributed by atoms with Gasteiger partial charge in [0.05, 0.1) is 23.3 Å². The molecular formula is C4H5N3S. The summed E-state index contributed by atoms with van der Waals surface area (Å²) in [6.07, 6.45) is 1.80. The highest BCUT2D eigenvalue weighted by Crippen LogP contribution is 2.27. The number of hydrogen-bond acceptors (Lipinski definition) is 3. The maximum absolute atomic E-state index is 3.84. The first kappa shape index (κ1) is 4.26. The molecule has 0 saturated heterocycles. The zero-order chi connectivity index (χ0) is 5.40. The Morgan fingerprint density at radius 1 is 1.75 bits per heavy atom. The van der Waals surface area contributed by atoms with Crippen molar-refractivity contribution in [3.8, 4) is 0 Å².